The second-order valence-electron chi connectivity index (χ2n) is 6.07. The average Bonchev–Trinajstić information content (AvgIpc) is 2.70. The van der Waals surface area contributed by atoms with Crippen LogP contribution >= 0.6 is 11.6 Å². The highest BCUT2D eigenvalue weighted by atomic mass is 35.5. The van der Waals surface area contributed by atoms with Crippen molar-refractivity contribution in [1.82, 2.24) is 10.6 Å². The largest absolute Gasteiger partial charge is 0.454 e. The van der Waals surface area contributed by atoms with Crippen LogP contribution in [0.4, 0.5) is 0 Å². The summed E-state index contributed by atoms with van der Waals surface area (Å²) in [7, 11) is 0. The van der Waals surface area contributed by atoms with E-state index < -0.39 is 42.8 Å². The molecule has 2 rings (SSSR count). The number of primary amides is 1. The van der Waals surface area contributed by atoms with Crippen LogP contribution in [-0.2, 0) is 25.7 Å². The summed E-state index contributed by atoms with van der Waals surface area (Å²) in [4.78, 5) is 47.6. The molecule has 8 nitrogen and oxygen atoms in total. The normalized spacial score (nSPS) is 11.2. The summed E-state index contributed by atoms with van der Waals surface area (Å²) in [6.07, 6.45) is -0.468. The van der Waals surface area contributed by atoms with Crippen LogP contribution in [0.3, 0.4) is 0 Å². The van der Waals surface area contributed by atoms with Crippen molar-refractivity contribution in [3.8, 4) is 0 Å². The number of hydrogen-bond acceptors (Lipinski definition) is 5. The van der Waals surface area contributed by atoms with Crippen LogP contribution < -0.4 is 16.4 Å². The van der Waals surface area contributed by atoms with E-state index in [9.17, 15) is 19.2 Å². The number of rotatable bonds is 9. The highest BCUT2D eigenvalue weighted by Crippen LogP contribution is 2.10. The van der Waals surface area contributed by atoms with Crippen LogP contribution in [-0.4, -0.2) is 36.3 Å². The Kier molecular flexibility index (Phi) is 8.17. The van der Waals surface area contributed by atoms with Gasteiger partial charge in [0.2, 0.25) is 5.91 Å². The van der Waals surface area contributed by atoms with Gasteiger partial charge < -0.3 is 21.1 Å². The van der Waals surface area contributed by atoms with E-state index in [1.165, 1.54) is 24.3 Å². The molecule has 1 atom stereocenters. The fourth-order valence-electron chi connectivity index (χ4n) is 2.32. The van der Waals surface area contributed by atoms with E-state index in [0.29, 0.717) is 5.02 Å². The molecule has 3 amide bonds. The molecular formula is C20H20ClN3O5. The van der Waals surface area contributed by atoms with E-state index in [1.807, 2.05) is 30.3 Å². The molecule has 0 bridgehead atoms. The molecule has 0 aliphatic carbocycles. The molecule has 0 saturated carbocycles. The molecule has 0 heterocycles. The number of halogens is 1. The lowest BCUT2D eigenvalue weighted by atomic mass is 10.1. The first kappa shape index (κ1) is 21.9. The number of nitrogens with two attached hydrogens (primary N) is 1. The third-order valence-corrected chi connectivity index (χ3v) is 4.03. The first-order valence-corrected chi connectivity index (χ1v) is 9.05. The Labute approximate surface area is 172 Å². The van der Waals surface area contributed by atoms with Gasteiger partial charge in [-0.15, -0.1) is 0 Å². The molecule has 152 valence electrons. The average molecular weight is 418 g/mol. The minimum Gasteiger partial charge on any atom is -0.454 e. The number of esters is 1. The van der Waals surface area contributed by atoms with Gasteiger partial charge in [-0.2, -0.15) is 0 Å². The summed E-state index contributed by atoms with van der Waals surface area (Å²) in [5, 5.41) is 5.42. The van der Waals surface area contributed by atoms with Gasteiger partial charge in [-0.1, -0.05) is 41.9 Å². The van der Waals surface area contributed by atoms with Crippen LogP contribution in [0.15, 0.2) is 54.6 Å². The summed E-state index contributed by atoms with van der Waals surface area (Å²) in [5.74, 6) is -2.89. The summed E-state index contributed by atoms with van der Waals surface area (Å²) in [5.41, 5.74) is 6.26. The van der Waals surface area contributed by atoms with Crippen LogP contribution in [0.5, 0.6) is 0 Å². The number of carbonyl (C=O) groups excluding carboxylic acids is 4. The van der Waals surface area contributed by atoms with Crippen LogP contribution in [0.1, 0.15) is 22.3 Å². The molecule has 0 radical (unpaired) electrons. The van der Waals surface area contributed by atoms with E-state index in [4.69, 9.17) is 22.1 Å². The van der Waals surface area contributed by atoms with E-state index in [0.717, 1.165) is 5.56 Å². The van der Waals surface area contributed by atoms with E-state index >= 15 is 0 Å². The lowest BCUT2D eigenvalue weighted by molar-refractivity contribution is -0.151. The fourth-order valence-corrected chi connectivity index (χ4v) is 2.45. The zero-order valence-corrected chi connectivity index (χ0v) is 16.1. The third-order valence-electron chi connectivity index (χ3n) is 3.78. The van der Waals surface area contributed by atoms with Gasteiger partial charge in [-0.25, -0.2) is 4.79 Å². The fraction of sp³-hybridized carbons (Fsp3) is 0.200. The van der Waals surface area contributed by atoms with Crippen LogP contribution in [0.2, 0.25) is 5.02 Å². The predicted octanol–water partition coefficient (Wildman–Crippen LogP) is 1.17. The molecule has 0 aromatic heterocycles. The predicted molar refractivity (Wildman–Crippen MR) is 106 cm³/mol. The molecule has 0 spiro atoms. The quantitative estimate of drug-likeness (QED) is 0.528. The Morgan fingerprint density at radius 2 is 1.66 bits per heavy atom. The second kappa shape index (κ2) is 10.8. The molecule has 0 unspecified atom stereocenters. The maximum absolute atomic E-state index is 12.3. The Hall–Kier alpha value is -3.39. The van der Waals surface area contributed by atoms with Crippen molar-refractivity contribution in [3.05, 3.63) is 70.7 Å². The van der Waals surface area contributed by atoms with Gasteiger partial charge in [0.05, 0.1) is 6.42 Å². The van der Waals surface area contributed by atoms with Gasteiger partial charge >= 0.3 is 5.97 Å². The molecule has 0 aliphatic heterocycles. The van der Waals surface area contributed by atoms with Gasteiger partial charge in [0.25, 0.3) is 11.8 Å². The first-order valence-electron chi connectivity index (χ1n) is 8.67. The summed E-state index contributed by atoms with van der Waals surface area (Å²) in [6.45, 7) is -0.285. The van der Waals surface area contributed by atoms with Crippen LogP contribution in [0, 0.1) is 0 Å². The Bertz CT molecular complexity index is 871. The molecule has 4 N–H and O–H groups in total. The van der Waals surface area contributed by atoms with Gasteiger partial charge in [0.1, 0.15) is 6.04 Å². The van der Waals surface area contributed by atoms with Gasteiger partial charge in [0, 0.05) is 17.1 Å². The molecule has 9 heteroatoms. The number of amides is 3. The van der Waals surface area contributed by atoms with Crippen molar-refractivity contribution < 1.29 is 23.9 Å². The maximum atomic E-state index is 12.3. The van der Waals surface area contributed by atoms with Gasteiger partial charge in [-0.3, -0.25) is 14.4 Å². The molecule has 0 fully saturated rings. The van der Waals surface area contributed by atoms with Crippen molar-refractivity contribution in [2.45, 2.75) is 19.0 Å². The molecule has 2 aromatic carbocycles. The number of hydrogen-bond donors (Lipinski definition) is 3. The number of nitrogens with one attached hydrogen (secondary N) is 2. The smallest absolute Gasteiger partial charge is 0.329 e. The summed E-state index contributed by atoms with van der Waals surface area (Å²) in [6, 6.07) is 13.8. The maximum Gasteiger partial charge on any atom is 0.329 e. The molecule has 2 aromatic rings. The van der Waals surface area contributed by atoms with E-state index in [1.54, 1.807) is 0 Å². The summed E-state index contributed by atoms with van der Waals surface area (Å²) >= 11 is 5.77. The van der Waals surface area contributed by atoms with E-state index in [-0.39, 0.29) is 12.1 Å². The third kappa shape index (κ3) is 7.63. The lowest BCUT2D eigenvalue weighted by Crippen LogP contribution is -2.45. The van der Waals surface area contributed by atoms with Crippen molar-refractivity contribution >= 4 is 35.3 Å². The van der Waals surface area contributed by atoms with Crippen molar-refractivity contribution in [2.24, 2.45) is 5.73 Å². The van der Waals surface area contributed by atoms with Crippen molar-refractivity contribution in [1.29, 1.82) is 0 Å². The zero-order valence-electron chi connectivity index (χ0n) is 15.4. The van der Waals surface area contributed by atoms with Crippen molar-refractivity contribution in [3.63, 3.8) is 0 Å². The second-order valence-corrected chi connectivity index (χ2v) is 6.51. The van der Waals surface area contributed by atoms with Gasteiger partial charge in [-0.05, 0) is 29.8 Å². The molecular weight excluding hydrogens is 398 g/mol. The minimum absolute atomic E-state index is 0.234. The monoisotopic (exact) mass is 417 g/mol. The van der Waals surface area contributed by atoms with Crippen LogP contribution in [0.25, 0.3) is 0 Å². The highest BCUT2D eigenvalue weighted by Gasteiger charge is 2.25. The van der Waals surface area contributed by atoms with E-state index in [2.05, 4.69) is 10.6 Å². The van der Waals surface area contributed by atoms with Crippen molar-refractivity contribution in [2.75, 3.05) is 6.61 Å². The standard InChI is InChI=1S/C20H20ClN3O5/c21-15-8-6-14(7-9-15)19(27)24-16(10-17(22)25)20(28)29-12-18(26)23-11-13-4-2-1-3-5-13/h1-9,16H,10-12H2,(H2,22,25)(H,23,26)(H,24,27)/t16-/m1/s1. The number of carbonyl (C=O) groups is 4. The zero-order chi connectivity index (χ0) is 21.2. The SMILES string of the molecule is NC(=O)C[C@@H](NC(=O)c1ccc(Cl)cc1)C(=O)OCC(=O)NCc1ccccc1. The summed E-state index contributed by atoms with van der Waals surface area (Å²) < 4.78 is 4.92. The Morgan fingerprint density at radius 3 is 2.28 bits per heavy atom. The van der Waals surface area contributed by atoms with Gasteiger partial charge in [0.15, 0.2) is 6.61 Å². The number of benzene rings is 2. The topological polar surface area (TPSA) is 128 Å². The molecule has 29 heavy (non-hydrogen) atoms. The highest BCUT2D eigenvalue weighted by molar-refractivity contribution is 6.30. The Balaban J connectivity index is 1.88. The molecule has 0 saturated heterocycles. The number of ether oxygens (including phenoxy) is 1. The lowest BCUT2D eigenvalue weighted by Gasteiger charge is -2.16. The molecule has 0 aliphatic rings. The first-order chi connectivity index (χ1) is 13.8. The Morgan fingerprint density at radius 1 is 1.00 bits per heavy atom. The minimum atomic E-state index is -1.32.